The summed E-state index contributed by atoms with van der Waals surface area (Å²) in [6, 6.07) is 0.341. The van der Waals surface area contributed by atoms with Crippen LogP contribution in [0.5, 0.6) is 0 Å². The number of likely N-dealkylation sites (tertiary alicyclic amines) is 2. The molecule has 2 atom stereocenters. The van der Waals surface area contributed by atoms with Crippen LogP contribution in [0.4, 0.5) is 0 Å². The van der Waals surface area contributed by atoms with E-state index in [0.717, 1.165) is 25.9 Å². The second kappa shape index (κ2) is 6.87. The minimum absolute atomic E-state index is 0.132. The largest absolute Gasteiger partial charge is 0.382 e. The van der Waals surface area contributed by atoms with Crippen molar-refractivity contribution in [1.82, 2.24) is 9.80 Å². The monoisotopic (exact) mass is 284 g/mol. The zero-order valence-electron chi connectivity index (χ0n) is 13.1. The molecule has 1 amide bonds. The molecule has 20 heavy (non-hydrogen) atoms. The van der Waals surface area contributed by atoms with Crippen molar-refractivity contribution in [1.29, 1.82) is 0 Å². The van der Waals surface area contributed by atoms with Gasteiger partial charge in [0, 0.05) is 25.2 Å². The van der Waals surface area contributed by atoms with E-state index >= 15 is 0 Å². The van der Waals surface area contributed by atoms with E-state index in [4.69, 9.17) is 9.47 Å². The van der Waals surface area contributed by atoms with Crippen LogP contribution in [0, 0.1) is 0 Å². The first-order chi connectivity index (χ1) is 9.59. The van der Waals surface area contributed by atoms with Crippen molar-refractivity contribution >= 4 is 5.91 Å². The summed E-state index contributed by atoms with van der Waals surface area (Å²) >= 11 is 0. The van der Waals surface area contributed by atoms with E-state index in [1.54, 1.807) is 7.11 Å². The number of hydrogen-bond acceptors (Lipinski definition) is 4. The molecule has 0 unspecified atom stereocenters. The maximum Gasteiger partial charge on any atom is 0.248 e. The summed E-state index contributed by atoms with van der Waals surface area (Å²) in [7, 11) is 3.83. The molecular formula is C15H28N2O3. The van der Waals surface area contributed by atoms with Crippen molar-refractivity contribution in [3.8, 4) is 0 Å². The molecule has 116 valence electrons. The molecule has 0 aromatic heterocycles. The summed E-state index contributed by atoms with van der Waals surface area (Å²) in [6.07, 6.45) is 4.55. The van der Waals surface area contributed by atoms with Crippen molar-refractivity contribution in [2.75, 3.05) is 47.1 Å². The summed E-state index contributed by atoms with van der Waals surface area (Å²) in [5.74, 6) is 0.132. The van der Waals surface area contributed by atoms with Gasteiger partial charge < -0.3 is 14.4 Å². The fourth-order valence-corrected chi connectivity index (χ4v) is 3.64. The van der Waals surface area contributed by atoms with Crippen molar-refractivity contribution in [2.45, 2.75) is 44.2 Å². The van der Waals surface area contributed by atoms with E-state index in [1.165, 1.54) is 12.8 Å². The first kappa shape index (κ1) is 15.7. The van der Waals surface area contributed by atoms with Gasteiger partial charge in [-0.25, -0.2) is 0 Å². The standard InChI is InChI=1S/C15H28N2O3/c1-15-7-5-9-17(13(15)6-4-8-16(15)2)14(18)12-20-11-10-19-3/h13H,4-12H2,1-3H3/t13-,15-/m0/s1. The number of rotatable bonds is 5. The van der Waals surface area contributed by atoms with Crippen molar-refractivity contribution < 1.29 is 14.3 Å². The van der Waals surface area contributed by atoms with Crippen LogP contribution in [0.1, 0.15) is 32.6 Å². The van der Waals surface area contributed by atoms with Crippen LogP contribution in [0.25, 0.3) is 0 Å². The molecule has 2 aliphatic heterocycles. The maximum atomic E-state index is 12.4. The third-order valence-electron chi connectivity index (χ3n) is 5.00. The molecule has 0 spiro atoms. The van der Waals surface area contributed by atoms with Crippen LogP contribution in [0.2, 0.25) is 0 Å². The summed E-state index contributed by atoms with van der Waals surface area (Å²) in [6.45, 7) is 5.52. The minimum atomic E-state index is 0.132. The zero-order valence-corrected chi connectivity index (χ0v) is 13.1. The van der Waals surface area contributed by atoms with Crippen LogP contribution in [0.3, 0.4) is 0 Å². The van der Waals surface area contributed by atoms with Gasteiger partial charge in [-0.05, 0) is 46.2 Å². The van der Waals surface area contributed by atoms with E-state index < -0.39 is 0 Å². The van der Waals surface area contributed by atoms with Gasteiger partial charge in [-0.2, -0.15) is 0 Å². The highest BCUT2D eigenvalue weighted by atomic mass is 16.5. The average Bonchev–Trinajstić information content (AvgIpc) is 2.44. The molecule has 2 aliphatic rings. The van der Waals surface area contributed by atoms with Crippen LogP contribution in [0.15, 0.2) is 0 Å². The second-order valence-corrected chi connectivity index (χ2v) is 6.17. The Labute approximate surface area is 122 Å². The number of hydrogen-bond donors (Lipinski definition) is 0. The van der Waals surface area contributed by atoms with Gasteiger partial charge >= 0.3 is 0 Å². The van der Waals surface area contributed by atoms with Gasteiger partial charge in [0.1, 0.15) is 6.61 Å². The Morgan fingerprint density at radius 1 is 1.30 bits per heavy atom. The highest BCUT2D eigenvalue weighted by molar-refractivity contribution is 5.78. The topological polar surface area (TPSA) is 42.0 Å². The van der Waals surface area contributed by atoms with Gasteiger partial charge in [0.25, 0.3) is 0 Å². The van der Waals surface area contributed by atoms with Crippen molar-refractivity contribution in [3.63, 3.8) is 0 Å². The molecule has 0 bridgehead atoms. The third kappa shape index (κ3) is 3.15. The molecule has 0 aromatic carbocycles. The molecule has 0 radical (unpaired) electrons. The molecule has 0 saturated carbocycles. The lowest BCUT2D eigenvalue weighted by atomic mass is 9.76. The smallest absolute Gasteiger partial charge is 0.248 e. The Balaban J connectivity index is 1.95. The Morgan fingerprint density at radius 3 is 2.85 bits per heavy atom. The van der Waals surface area contributed by atoms with Gasteiger partial charge in [0.05, 0.1) is 13.2 Å². The molecule has 0 aliphatic carbocycles. The second-order valence-electron chi connectivity index (χ2n) is 6.17. The first-order valence-corrected chi connectivity index (χ1v) is 7.67. The van der Waals surface area contributed by atoms with E-state index in [2.05, 4.69) is 23.8 Å². The quantitative estimate of drug-likeness (QED) is 0.710. The Hall–Kier alpha value is -0.650. The first-order valence-electron chi connectivity index (χ1n) is 7.67. The van der Waals surface area contributed by atoms with Gasteiger partial charge in [-0.3, -0.25) is 9.69 Å². The van der Waals surface area contributed by atoms with E-state index in [9.17, 15) is 4.79 Å². The average molecular weight is 284 g/mol. The number of carbonyl (C=O) groups excluding carboxylic acids is 1. The number of likely N-dealkylation sites (N-methyl/N-ethyl adjacent to an activating group) is 1. The number of methoxy groups -OCH3 is 1. The summed E-state index contributed by atoms with van der Waals surface area (Å²) < 4.78 is 10.3. The van der Waals surface area contributed by atoms with Crippen LogP contribution in [-0.4, -0.2) is 74.4 Å². The normalized spacial score (nSPS) is 31.1. The molecule has 2 rings (SSSR count). The van der Waals surface area contributed by atoms with Gasteiger partial charge in [-0.15, -0.1) is 0 Å². The van der Waals surface area contributed by atoms with Gasteiger partial charge in [0.2, 0.25) is 5.91 Å². The third-order valence-corrected chi connectivity index (χ3v) is 5.00. The number of piperidine rings is 2. The predicted molar refractivity (Wildman–Crippen MR) is 77.7 cm³/mol. The van der Waals surface area contributed by atoms with E-state index in [0.29, 0.717) is 19.3 Å². The Morgan fingerprint density at radius 2 is 2.10 bits per heavy atom. The Kier molecular flexibility index (Phi) is 5.41. The van der Waals surface area contributed by atoms with Gasteiger partial charge in [-0.1, -0.05) is 0 Å². The number of carbonyl (C=O) groups is 1. The van der Waals surface area contributed by atoms with E-state index in [-0.39, 0.29) is 18.1 Å². The van der Waals surface area contributed by atoms with Crippen LogP contribution >= 0.6 is 0 Å². The highest BCUT2D eigenvalue weighted by Gasteiger charge is 2.46. The fraction of sp³-hybridized carbons (Fsp3) is 0.933. The summed E-state index contributed by atoms with van der Waals surface area (Å²) in [5.41, 5.74) is 0.138. The number of nitrogens with zero attached hydrogens (tertiary/aromatic N) is 2. The fourth-order valence-electron chi connectivity index (χ4n) is 3.64. The van der Waals surface area contributed by atoms with E-state index in [1.807, 2.05) is 0 Å². The lowest BCUT2D eigenvalue weighted by molar-refractivity contribution is -0.148. The lowest BCUT2D eigenvalue weighted by Crippen LogP contribution is -2.66. The van der Waals surface area contributed by atoms with Crippen molar-refractivity contribution in [3.05, 3.63) is 0 Å². The minimum Gasteiger partial charge on any atom is -0.382 e. The number of amides is 1. The van der Waals surface area contributed by atoms with Gasteiger partial charge in [0.15, 0.2) is 0 Å². The molecule has 2 heterocycles. The summed E-state index contributed by atoms with van der Waals surface area (Å²) in [5, 5.41) is 0. The molecule has 2 fully saturated rings. The van der Waals surface area contributed by atoms with Crippen molar-refractivity contribution in [2.24, 2.45) is 0 Å². The predicted octanol–water partition coefficient (Wildman–Crippen LogP) is 1.12. The lowest BCUT2D eigenvalue weighted by Gasteiger charge is -2.55. The highest BCUT2D eigenvalue weighted by Crippen LogP contribution is 2.38. The number of ether oxygens (including phenoxy) is 2. The number of fused-ring (bicyclic) bond motifs is 1. The Bertz CT molecular complexity index is 337. The molecule has 0 aromatic rings. The zero-order chi connectivity index (χ0) is 14.6. The molecular weight excluding hydrogens is 256 g/mol. The maximum absolute atomic E-state index is 12.4. The molecule has 5 heteroatoms. The SMILES string of the molecule is COCCOCC(=O)N1CCC[C@@]2(C)[C@@H]1CCCN2C. The molecule has 5 nitrogen and oxygen atoms in total. The summed E-state index contributed by atoms with van der Waals surface area (Å²) in [4.78, 5) is 16.9. The molecule has 0 N–H and O–H groups in total. The van der Waals surface area contributed by atoms with Crippen LogP contribution in [-0.2, 0) is 14.3 Å². The molecule has 2 saturated heterocycles. The van der Waals surface area contributed by atoms with Crippen LogP contribution < -0.4 is 0 Å².